The molecular weight excluding hydrogens is 202 g/mol. The number of hydrogen-bond acceptors (Lipinski definition) is 3. The molecule has 88 valence electrons. The number of methoxy groups -OCH3 is 1. The largest absolute Gasteiger partial charge is 0.504 e. The first-order chi connectivity index (χ1) is 7.70. The van der Waals surface area contributed by atoms with Crippen molar-refractivity contribution in [2.24, 2.45) is 5.92 Å². The lowest BCUT2D eigenvalue weighted by Gasteiger charge is -2.15. The summed E-state index contributed by atoms with van der Waals surface area (Å²) in [5.74, 6) is 1.61. The van der Waals surface area contributed by atoms with Crippen LogP contribution in [0.4, 0.5) is 0 Å². The van der Waals surface area contributed by atoms with Gasteiger partial charge in [-0.1, -0.05) is 6.07 Å². The Hall–Kier alpha value is -1.22. The second kappa shape index (κ2) is 4.74. The van der Waals surface area contributed by atoms with E-state index in [0.29, 0.717) is 11.8 Å². The zero-order valence-electron chi connectivity index (χ0n) is 9.86. The summed E-state index contributed by atoms with van der Waals surface area (Å²) in [5.41, 5.74) is 1.15. The molecule has 0 spiro atoms. The van der Waals surface area contributed by atoms with Gasteiger partial charge in [0, 0.05) is 6.04 Å². The van der Waals surface area contributed by atoms with E-state index in [9.17, 15) is 5.11 Å². The SMILES string of the molecule is COc1cc(C(C)NCC2CC2)ccc1O. The molecule has 1 saturated carbocycles. The van der Waals surface area contributed by atoms with E-state index in [4.69, 9.17) is 4.74 Å². The molecule has 1 atom stereocenters. The Balaban J connectivity index is 2.00. The van der Waals surface area contributed by atoms with Gasteiger partial charge in [-0.15, -0.1) is 0 Å². The first kappa shape index (κ1) is 11.3. The molecule has 0 aromatic heterocycles. The lowest BCUT2D eigenvalue weighted by atomic mass is 10.1. The van der Waals surface area contributed by atoms with E-state index in [1.807, 2.05) is 12.1 Å². The molecule has 1 aromatic rings. The number of aromatic hydroxyl groups is 1. The van der Waals surface area contributed by atoms with Gasteiger partial charge in [0.25, 0.3) is 0 Å². The highest BCUT2D eigenvalue weighted by Crippen LogP contribution is 2.31. The predicted molar refractivity (Wildman–Crippen MR) is 63.8 cm³/mol. The second-order valence-corrected chi connectivity index (χ2v) is 4.50. The maximum Gasteiger partial charge on any atom is 0.160 e. The van der Waals surface area contributed by atoms with Crippen LogP contribution >= 0.6 is 0 Å². The molecule has 0 saturated heterocycles. The minimum atomic E-state index is 0.195. The summed E-state index contributed by atoms with van der Waals surface area (Å²) >= 11 is 0. The molecule has 2 rings (SSSR count). The number of rotatable bonds is 5. The van der Waals surface area contributed by atoms with Crippen LogP contribution in [0.25, 0.3) is 0 Å². The lowest BCUT2D eigenvalue weighted by molar-refractivity contribution is 0.372. The maximum atomic E-state index is 9.50. The molecule has 1 aliphatic carbocycles. The average Bonchev–Trinajstić information content (AvgIpc) is 3.10. The standard InChI is InChI=1S/C13H19NO2/c1-9(14-8-10-3-4-10)11-5-6-12(15)13(7-11)16-2/h5-7,9-10,14-15H,3-4,8H2,1-2H3. The minimum absolute atomic E-state index is 0.195. The Bertz CT molecular complexity index is 361. The van der Waals surface area contributed by atoms with Crippen molar-refractivity contribution in [2.75, 3.05) is 13.7 Å². The Kier molecular flexibility index (Phi) is 3.34. The highest BCUT2D eigenvalue weighted by molar-refractivity contribution is 5.42. The van der Waals surface area contributed by atoms with Crippen molar-refractivity contribution in [2.45, 2.75) is 25.8 Å². The van der Waals surface area contributed by atoms with Crippen molar-refractivity contribution in [1.82, 2.24) is 5.32 Å². The van der Waals surface area contributed by atoms with Crippen molar-refractivity contribution in [3.05, 3.63) is 23.8 Å². The quantitative estimate of drug-likeness (QED) is 0.802. The summed E-state index contributed by atoms with van der Waals surface area (Å²) in [4.78, 5) is 0. The number of ether oxygens (including phenoxy) is 1. The third-order valence-corrected chi connectivity index (χ3v) is 3.11. The number of phenolic OH excluding ortho intramolecular Hbond substituents is 1. The van der Waals surface area contributed by atoms with E-state index < -0.39 is 0 Å². The van der Waals surface area contributed by atoms with E-state index in [-0.39, 0.29) is 5.75 Å². The Morgan fingerprint density at radius 3 is 2.88 bits per heavy atom. The van der Waals surface area contributed by atoms with Crippen LogP contribution in [0, 0.1) is 5.92 Å². The van der Waals surface area contributed by atoms with Crippen molar-refractivity contribution >= 4 is 0 Å². The van der Waals surface area contributed by atoms with Crippen LogP contribution in [0.1, 0.15) is 31.4 Å². The Labute approximate surface area is 96.4 Å². The van der Waals surface area contributed by atoms with Crippen LogP contribution in [-0.4, -0.2) is 18.8 Å². The van der Waals surface area contributed by atoms with Gasteiger partial charge < -0.3 is 15.2 Å². The molecule has 1 unspecified atom stereocenters. The monoisotopic (exact) mass is 221 g/mol. The summed E-state index contributed by atoms with van der Waals surface area (Å²) in [7, 11) is 1.57. The molecule has 0 amide bonds. The Morgan fingerprint density at radius 1 is 1.50 bits per heavy atom. The van der Waals surface area contributed by atoms with Crippen LogP contribution in [0.5, 0.6) is 11.5 Å². The molecular formula is C13H19NO2. The van der Waals surface area contributed by atoms with Crippen LogP contribution in [0.2, 0.25) is 0 Å². The number of nitrogens with one attached hydrogen (secondary N) is 1. The van der Waals surface area contributed by atoms with E-state index in [1.54, 1.807) is 13.2 Å². The molecule has 3 nitrogen and oxygen atoms in total. The van der Waals surface area contributed by atoms with Gasteiger partial charge in [0.05, 0.1) is 7.11 Å². The summed E-state index contributed by atoms with van der Waals surface area (Å²) in [6.45, 7) is 3.22. The molecule has 16 heavy (non-hydrogen) atoms. The van der Waals surface area contributed by atoms with Crippen molar-refractivity contribution in [1.29, 1.82) is 0 Å². The summed E-state index contributed by atoms with van der Waals surface area (Å²) in [5, 5.41) is 13.0. The van der Waals surface area contributed by atoms with Crippen molar-refractivity contribution < 1.29 is 9.84 Å². The third kappa shape index (κ3) is 2.67. The highest BCUT2D eigenvalue weighted by atomic mass is 16.5. The van der Waals surface area contributed by atoms with E-state index >= 15 is 0 Å². The van der Waals surface area contributed by atoms with Crippen molar-refractivity contribution in [3.8, 4) is 11.5 Å². The predicted octanol–water partition coefficient (Wildman–Crippen LogP) is 2.46. The zero-order valence-corrected chi connectivity index (χ0v) is 9.86. The topological polar surface area (TPSA) is 41.5 Å². The normalized spacial score (nSPS) is 17.1. The molecule has 0 bridgehead atoms. The fourth-order valence-electron chi connectivity index (χ4n) is 1.75. The molecule has 0 aliphatic heterocycles. The van der Waals surface area contributed by atoms with Gasteiger partial charge in [0.1, 0.15) is 0 Å². The van der Waals surface area contributed by atoms with Gasteiger partial charge in [-0.25, -0.2) is 0 Å². The van der Waals surface area contributed by atoms with Crippen LogP contribution in [0.15, 0.2) is 18.2 Å². The van der Waals surface area contributed by atoms with E-state index in [0.717, 1.165) is 18.0 Å². The summed E-state index contributed by atoms with van der Waals surface area (Å²) in [6, 6.07) is 5.81. The van der Waals surface area contributed by atoms with Gasteiger partial charge in [-0.3, -0.25) is 0 Å². The fourth-order valence-corrected chi connectivity index (χ4v) is 1.75. The van der Waals surface area contributed by atoms with Crippen molar-refractivity contribution in [3.63, 3.8) is 0 Å². The smallest absolute Gasteiger partial charge is 0.160 e. The number of benzene rings is 1. The number of hydrogen-bond donors (Lipinski definition) is 2. The minimum Gasteiger partial charge on any atom is -0.504 e. The summed E-state index contributed by atoms with van der Waals surface area (Å²) < 4.78 is 5.10. The molecule has 2 N–H and O–H groups in total. The van der Waals surface area contributed by atoms with E-state index in [2.05, 4.69) is 12.2 Å². The summed E-state index contributed by atoms with van der Waals surface area (Å²) in [6.07, 6.45) is 2.72. The fraction of sp³-hybridized carbons (Fsp3) is 0.538. The van der Waals surface area contributed by atoms with Crippen LogP contribution in [-0.2, 0) is 0 Å². The maximum absolute atomic E-state index is 9.50. The van der Waals surface area contributed by atoms with Crippen LogP contribution < -0.4 is 10.1 Å². The third-order valence-electron chi connectivity index (χ3n) is 3.11. The number of phenols is 1. The van der Waals surface area contributed by atoms with Gasteiger partial charge in [-0.05, 0) is 49.9 Å². The molecule has 0 heterocycles. The molecule has 1 fully saturated rings. The van der Waals surface area contributed by atoms with Gasteiger partial charge >= 0.3 is 0 Å². The van der Waals surface area contributed by atoms with Crippen LogP contribution in [0.3, 0.4) is 0 Å². The molecule has 3 heteroatoms. The van der Waals surface area contributed by atoms with Gasteiger partial charge in [0.2, 0.25) is 0 Å². The van der Waals surface area contributed by atoms with Gasteiger partial charge in [0.15, 0.2) is 11.5 Å². The molecule has 0 radical (unpaired) electrons. The first-order valence-corrected chi connectivity index (χ1v) is 5.81. The van der Waals surface area contributed by atoms with Gasteiger partial charge in [-0.2, -0.15) is 0 Å². The average molecular weight is 221 g/mol. The molecule has 1 aliphatic rings. The zero-order chi connectivity index (χ0) is 11.5. The lowest BCUT2D eigenvalue weighted by Crippen LogP contribution is -2.21. The Morgan fingerprint density at radius 2 is 2.25 bits per heavy atom. The first-order valence-electron chi connectivity index (χ1n) is 5.81. The second-order valence-electron chi connectivity index (χ2n) is 4.50. The highest BCUT2D eigenvalue weighted by Gasteiger charge is 2.21. The molecule has 1 aromatic carbocycles. The van der Waals surface area contributed by atoms with E-state index in [1.165, 1.54) is 12.8 Å².